The molecule has 0 atom stereocenters. The predicted molar refractivity (Wildman–Crippen MR) is 46.7 cm³/mol. The van der Waals surface area contributed by atoms with Gasteiger partial charge in [0.25, 0.3) is 5.88 Å². The van der Waals surface area contributed by atoms with Crippen LogP contribution >= 0.6 is 0 Å². The summed E-state index contributed by atoms with van der Waals surface area (Å²) in [6.07, 6.45) is -4.15. The second-order valence-electron chi connectivity index (χ2n) is 3.21. The third kappa shape index (κ3) is 3.00. The second-order valence-corrected chi connectivity index (χ2v) is 3.21. The number of nitrogens with zero attached hydrogens (tertiary/aromatic N) is 1. The zero-order valence-corrected chi connectivity index (χ0v) is 8.17. The number of rotatable bonds is 2. The Morgan fingerprint density at radius 2 is 2.00 bits per heavy atom. The van der Waals surface area contributed by atoms with Crippen LogP contribution in [0.1, 0.15) is 19.4 Å². The van der Waals surface area contributed by atoms with Gasteiger partial charge in [0.05, 0.1) is 11.7 Å². The molecule has 1 aromatic rings. The van der Waals surface area contributed by atoms with Crippen molar-refractivity contribution in [1.29, 1.82) is 0 Å². The van der Waals surface area contributed by atoms with Crippen LogP contribution in [0.25, 0.3) is 0 Å². The Labute approximate surface area is 84.5 Å². The fraction of sp³-hybridized carbons (Fsp3) is 0.444. The molecule has 1 rings (SSSR count). The van der Waals surface area contributed by atoms with Crippen molar-refractivity contribution in [2.24, 2.45) is 0 Å². The average Bonchev–Trinajstić information content (AvgIpc) is 2.05. The molecule has 84 valence electrons. The number of aromatic nitrogens is 1. The van der Waals surface area contributed by atoms with E-state index in [-0.39, 0.29) is 12.0 Å². The number of halogens is 3. The van der Waals surface area contributed by atoms with Crippen molar-refractivity contribution in [3.8, 4) is 11.6 Å². The Kier molecular flexibility index (Phi) is 3.06. The first kappa shape index (κ1) is 11.6. The maximum Gasteiger partial charge on any atom is 0.418 e. The van der Waals surface area contributed by atoms with Crippen LogP contribution in [-0.2, 0) is 6.18 Å². The van der Waals surface area contributed by atoms with E-state index < -0.39 is 17.5 Å². The van der Waals surface area contributed by atoms with E-state index in [0.29, 0.717) is 12.3 Å². The number of pyridine rings is 1. The zero-order valence-electron chi connectivity index (χ0n) is 8.17. The summed E-state index contributed by atoms with van der Waals surface area (Å²) >= 11 is 0. The third-order valence-corrected chi connectivity index (χ3v) is 1.51. The minimum absolute atomic E-state index is 0.196. The van der Waals surface area contributed by atoms with Gasteiger partial charge in [-0.15, -0.1) is 0 Å². The fourth-order valence-corrected chi connectivity index (χ4v) is 0.910. The molecule has 3 nitrogen and oxygen atoms in total. The first-order chi connectivity index (χ1) is 6.80. The minimum atomic E-state index is -4.51. The number of aromatic hydroxyl groups is 1. The first-order valence-electron chi connectivity index (χ1n) is 4.23. The van der Waals surface area contributed by atoms with E-state index in [4.69, 9.17) is 4.74 Å². The van der Waals surface area contributed by atoms with E-state index in [1.165, 1.54) is 0 Å². The van der Waals surface area contributed by atoms with Crippen LogP contribution in [0.4, 0.5) is 13.2 Å². The summed E-state index contributed by atoms with van der Waals surface area (Å²) in [5.74, 6) is -0.809. The summed E-state index contributed by atoms with van der Waals surface area (Å²) < 4.78 is 41.5. The van der Waals surface area contributed by atoms with Crippen LogP contribution in [0.2, 0.25) is 0 Å². The molecule has 0 bridgehead atoms. The van der Waals surface area contributed by atoms with Crippen LogP contribution in [0.3, 0.4) is 0 Å². The van der Waals surface area contributed by atoms with Gasteiger partial charge in [0, 0.05) is 6.20 Å². The number of hydrogen-bond acceptors (Lipinski definition) is 3. The molecular weight excluding hydrogens is 211 g/mol. The van der Waals surface area contributed by atoms with E-state index in [2.05, 4.69) is 4.98 Å². The maximum atomic E-state index is 12.2. The van der Waals surface area contributed by atoms with E-state index in [0.717, 1.165) is 0 Å². The molecular formula is C9H10F3NO2. The molecule has 0 radical (unpaired) electrons. The van der Waals surface area contributed by atoms with Crippen molar-refractivity contribution in [3.05, 3.63) is 17.8 Å². The lowest BCUT2D eigenvalue weighted by molar-refractivity contribution is -0.138. The molecule has 0 aliphatic rings. The Hall–Kier alpha value is -1.46. The van der Waals surface area contributed by atoms with Crippen LogP contribution < -0.4 is 4.74 Å². The first-order valence-corrected chi connectivity index (χ1v) is 4.23. The third-order valence-electron chi connectivity index (χ3n) is 1.51. The van der Waals surface area contributed by atoms with Crippen molar-refractivity contribution < 1.29 is 23.0 Å². The van der Waals surface area contributed by atoms with E-state index in [9.17, 15) is 18.3 Å². The maximum absolute atomic E-state index is 12.2. The molecule has 0 aliphatic heterocycles. The summed E-state index contributed by atoms with van der Waals surface area (Å²) in [6, 6.07) is 0.588. The quantitative estimate of drug-likeness (QED) is 0.834. The average molecular weight is 221 g/mol. The minimum Gasteiger partial charge on any atom is -0.503 e. The van der Waals surface area contributed by atoms with Crippen LogP contribution in [-0.4, -0.2) is 16.2 Å². The van der Waals surface area contributed by atoms with Gasteiger partial charge in [-0.1, -0.05) is 0 Å². The van der Waals surface area contributed by atoms with Gasteiger partial charge in [0.15, 0.2) is 5.75 Å². The van der Waals surface area contributed by atoms with Gasteiger partial charge in [0.1, 0.15) is 0 Å². The molecule has 0 aromatic carbocycles. The molecule has 0 amide bonds. The highest BCUT2D eigenvalue weighted by Gasteiger charge is 2.32. The summed E-state index contributed by atoms with van der Waals surface area (Å²) in [5, 5.41) is 9.22. The lowest BCUT2D eigenvalue weighted by Gasteiger charge is -2.11. The molecule has 1 N–H and O–H groups in total. The van der Waals surface area contributed by atoms with Gasteiger partial charge >= 0.3 is 6.18 Å². The molecule has 0 fully saturated rings. The highest BCUT2D eigenvalue weighted by molar-refractivity contribution is 5.36. The summed E-state index contributed by atoms with van der Waals surface area (Å²) in [6.45, 7) is 3.36. The molecule has 6 heteroatoms. The van der Waals surface area contributed by atoms with Gasteiger partial charge < -0.3 is 9.84 Å². The monoisotopic (exact) mass is 221 g/mol. The Morgan fingerprint density at radius 1 is 1.40 bits per heavy atom. The van der Waals surface area contributed by atoms with Gasteiger partial charge in [-0.2, -0.15) is 13.2 Å². The lowest BCUT2D eigenvalue weighted by Crippen LogP contribution is -2.09. The second kappa shape index (κ2) is 3.96. The standard InChI is InChI=1S/C9H10F3NO2/c1-5(2)15-8-7(14)3-6(4-13-8)9(10,11)12/h3-5,14H,1-2H3. The molecule has 1 aromatic heterocycles. The molecule has 0 aliphatic carbocycles. The molecule has 0 spiro atoms. The van der Waals surface area contributed by atoms with Crippen LogP contribution in [0.15, 0.2) is 12.3 Å². The van der Waals surface area contributed by atoms with Crippen LogP contribution in [0, 0.1) is 0 Å². The number of hydrogen-bond donors (Lipinski definition) is 1. The topological polar surface area (TPSA) is 42.4 Å². The van der Waals surface area contributed by atoms with Crippen molar-refractivity contribution in [2.45, 2.75) is 26.1 Å². The van der Waals surface area contributed by atoms with Gasteiger partial charge in [-0.05, 0) is 19.9 Å². The molecule has 0 unspecified atom stereocenters. The van der Waals surface area contributed by atoms with Gasteiger partial charge in [-0.3, -0.25) is 0 Å². The summed E-state index contributed by atoms with van der Waals surface area (Å²) in [5.41, 5.74) is -1.00. The number of alkyl halides is 3. The number of ether oxygens (including phenoxy) is 1. The van der Waals surface area contributed by atoms with Crippen molar-refractivity contribution in [2.75, 3.05) is 0 Å². The molecule has 1 heterocycles. The summed E-state index contributed by atoms with van der Waals surface area (Å²) in [7, 11) is 0. The van der Waals surface area contributed by atoms with Crippen molar-refractivity contribution in [3.63, 3.8) is 0 Å². The van der Waals surface area contributed by atoms with Crippen LogP contribution in [0.5, 0.6) is 11.6 Å². The zero-order chi connectivity index (χ0) is 11.6. The van der Waals surface area contributed by atoms with Crippen molar-refractivity contribution >= 4 is 0 Å². The highest BCUT2D eigenvalue weighted by Crippen LogP contribution is 2.33. The highest BCUT2D eigenvalue weighted by atomic mass is 19.4. The van der Waals surface area contributed by atoms with E-state index in [1.807, 2.05) is 0 Å². The van der Waals surface area contributed by atoms with Gasteiger partial charge in [0.2, 0.25) is 0 Å². The predicted octanol–water partition coefficient (Wildman–Crippen LogP) is 2.59. The Morgan fingerprint density at radius 3 is 2.40 bits per heavy atom. The lowest BCUT2D eigenvalue weighted by atomic mass is 10.2. The Bertz CT molecular complexity index is 350. The molecule has 0 saturated heterocycles. The largest absolute Gasteiger partial charge is 0.503 e. The summed E-state index contributed by atoms with van der Waals surface area (Å²) in [4.78, 5) is 3.39. The molecule has 0 saturated carbocycles. The molecule has 15 heavy (non-hydrogen) atoms. The smallest absolute Gasteiger partial charge is 0.418 e. The van der Waals surface area contributed by atoms with E-state index in [1.54, 1.807) is 13.8 Å². The van der Waals surface area contributed by atoms with Gasteiger partial charge in [-0.25, -0.2) is 4.98 Å². The van der Waals surface area contributed by atoms with E-state index >= 15 is 0 Å². The normalized spacial score (nSPS) is 11.9. The SMILES string of the molecule is CC(C)Oc1ncc(C(F)(F)F)cc1O. The Balaban J connectivity index is 2.98. The fourth-order valence-electron chi connectivity index (χ4n) is 0.910. The van der Waals surface area contributed by atoms with Crippen molar-refractivity contribution in [1.82, 2.24) is 4.98 Å².